The van der Waals surface area contributed by atoms with E-state index in [0.717, 1.165) is 37.3 Å². The van der Waals surface area contributed by atoms with E-state index in [4.69, 9.17) is 4.74 Å². The van der Waals surface area contributed by atoms with Crippen LogP contribution < -0.4 is 10.2 Å². The standard InChI is InChI=1S/C19H26N6O2/c1-13-11-25(12-14(2)27-13)16-4-7-20-17(8-16)18(26)22-19(5-6-19)9-15-10-21-24(3)23-15/h4,7-8,10,13-14H,5-6,9,11-12H2,1-3H3,(H,22,26)/t13-,14+. The zero-order valence-electron chi connectivity index (χ0n) is 16.1. The molecule has 1 saturated carbocycles. The van der Waals surface area contributed by atoms with Crippen LogP contribution in [0.1, 0.15) is 42.9 Å². The van der Waals surface area contributed by atoms with Crippen LogP contribution in [-0.4, -0.2) is 56.7 Å². The number of morpholine rings is 1. The second-order valence-electron chi connectivity index (χ2n) is 7.80. The molecule has 2 aromatic heterocycles. The molecule has 1 amide bonds. The number of nitrogens with one attached hydrogen (secondary N) is 1. The predicted octanol–water partition coefficient (Wildman–Crippen LogP) is 1.33. The highest BCUT2D eigenvalue weighted by Gasteiger charge is 2.45. The molecule has 2 fully saturated rings. The molecule has 8 heteroatoms. The lowest BCUT2D eigenvalue weighted by molar-refractivity contribution is -0.00522. The lowest BCUT2D eigenvalue weighted by atomic mass is 10.1. The number of aryl methyl sites for hydroxylation is 1. The van der Waals surface area contributed by atoms with E-state index in [1.165, 1.54) is 0 Å². The molecule has 0 bridgehead atoms. The Morgan fingerprint density at radius 2 is 2.07 bits per heavy atom. The highest BCUT2D eigenvalue weighted by Crippen LogP contribution is 2.38. The summed E-state index contributed by atoms with van der Waals surface area (Å²) >= 11 is 0. The van der Waals surface area contributed by atoms with Gasteiger partial charge in [-0.25, -0.2) is 0 Å². The first kappa shape index (κ1) is 17.9. The topological polar surface area (TPSA) is 85.2 Å². The van der Waals surface area contributed by atoms with E-state index in [0.29, 0.717) is 12.1 Å². The van der Waals surface area contributed by atoms with Gasteiger partial charge in [-0.1, -0.05) is 0 Å². The van der Waals surface area contributed by atoms with Gasteiger partial charge in [0.25, 0.3) is 5.91 Å². The summed E-state index contributed by atoms with van der Waals surface area (Å²) in [7, 11) is 1.80. The molecule has 0 unspecified atom stereocenters. The van der Waals surface area contributed by atoms with E-state index in [1.807, 2.05) is 12.1 Å². The predicted molar refractivity (Wildman–Crippen MR) is 101 cm³/mol. The van der Waals surface area contributed by atoms with Crippen LogP contribution >= 0.6 is 0 Å². The molecule has 0 radical (unpaired) electrons. The van der Waals surface area contributed by atoms with E-state index in [-0.39, 0.29) is 23.7 Å². The van der Waals surface area contributed by atoms with Crippen molar-refractivity contribution >= 4 is 11.6 Å². The summed E-state index contributed by atoms with van der Waals surface area (Å²) in [6.07, 6.45) is 6.40. The molecule has 2 aliphatic rings. The number of hydrogen-bond acceptors (Lipinski definition) is 6. The fraction of sp³-hybridized carbons (Fsp3) is 0.579. The molecule has 144 valence electrons. The van der Waals surface area contributed by atoms with Gasteiger partial charge in [0.2, 0.25) is 0 Å². The number of aromatic nitrogens is 4. The van der Waals surface area contributed by atoms with Gasteiger partial charge >= 0.3 is 0 Å². The Bertz CT molecular complexity index is 821. The maximum absolute atomic E-state index is 12.8. The van der Waals surface area contributed by atoms with E-state index >= 15 is 0 Å². The van der Waals surface area contributed by atoms with Crippen molar-refractivity contribution in [2.24, 2.45) is 7.05 Å². The van der Waals surface area contributed by atoms with Crippen LogP contribution in [0, 0.1) is 0 Å². The molecule has 2 atom stereocenters. The molecule has 1 aliphatic heterocycles. The third kappa shape index (κ3) is 4.10. The van der Waals surface area contributed by atoms with Crippen molar-refractivity contribution in [3.63, 3.8) is 0 Å². The van der Waals surface area contributed by atoms with Gasteiger partial charge in [-0.2, -0.15) is 15.0 Å². The maximum atomic E-state index is 12.8. The normalized spacial score (nSPS) is 23.9. The molecule has 27 heavy (non-hydrogen) atoms. The summed E-state index contributed by atoms with van der Waals surface area (Å²) in [6.45, 7) is 5.76. The van der Waals surface area contributed by atoms with Crippen LogP contribution in [0.3, 0.4) is 0 Å². The van der Waals surface area contributed by atoms with Gasteiger partial charge in [0, 0.05) is 44.0 Å². The first-order chi connectivity index (χ1) is 12.9. The first-order valence-electron chi connectivity index (χ1n) is 9.47. The van der Waals surface area contributed by atoms with Crippen molar-refractivity contribution in [3.05, 3.63) is 35.9 Å². The average Bonchev–Trinajstić information content (AvgIpc) is 3.25. The molecular weight excluding hydrogens is 344 g/mol. The quantitative estimate of drug-likeness (QED) is 0.855. The Kier molecular flexibility index (Phi) is 4.59. The molecule has 0 aromatic carbocycles. The molecule has 8 nitrogen and oxygen atoms in total. The van der Waals surface area contributed by atoms with Crippen LogP contribution in [0.4, 0.5) is 5.69 Å². The van der Waals surface area contributed by atoms with Crippen molar-refractivity contribution in [1.29, 1.82) is 0 Å². The van der Waals surface area contributed by atoms with Crippen molar-refractivity contribution < 1.29 is 9.53 Å². The Labute approximate surface area is 158 Å². The zero-order valence-corrected chi connectivity index (χ0v) is 16.1. The number of nitrogens with zero attached hydrogens (tertiary/aromatic N) is 5. The summed E-state index contributed by atoms with van der Waals surface area (Å²) in [5.41, 5.74) is 2.14. The van der Waals surface area contributed by atoms with Crippen LogP contribution in [0.15, 0.2) is 24.5 Å². The van der Waals surface area contributed by atoms with Gasteiger partial charge in [-0.3, -0.25) is 9.78 Å². The van der Waals surface area contributed by atoms with Crippen LogP contribution in [0.2, 0.25) is 0 Å². The van der Waals surface area contributed by atoms with Crippen LogP contribution in [-0.2, 0) is 18.2 Å². The Morgan fingerprint density at radius 3 is 2.70 bits per heavy atom. The lowest BCUT2D eigenvalue weighted by Crippen LogP contribution is -2.45. The number of ether oxygens (including phenoxy) is 1. The van der Waals surface area contributed by atoms with Gasteiger partial charge < -0.3 is 15.0 Å². The minimum absolute atomic E-state index is 0.132. The fourth-order valence-corrected chi connectivity index (χ4v) is 3.75. The molecule has 3 heterocycles. The van der Waals surface area contributed by atoms with Gasteiger partial charge in [-0.05, 0) is 38.8 Å². The van der Waals surface area contributed by atoms with Gasteiger partial charge in [0.15, 0.2) is 0 Å². The number of hydrogen-bond donors (Lipinski definition) is 1. The number of carbonyl (C=O) groups is 1. The van der Waals surface area contributed by atoms with E-state index in [1.54, 1.807) is 24.2 Å². The lowest BCUT2D eigenvalue weighted by Gasteiger charge is -2.36. The second-order valence-corrected chi connectivity index (χ2v) is 7.80. The van der Waals surface area contributed by atoms with E-state index < -0.39 is 0 Å². The highest BCUT2D eigenvalue weighted by atomic mass is 16.5. The maximum Gasteiger partial charge on any atom is 0.270 e. The third-order valence-corrected chi connectivity index (χ3v) is 5.16. The van der Waals surface area contributed by atoms with Crippen molar-refractivity contribution in [2.75, 3.05) is 18.0 Å². The second kappa shape index (κ2) is 6.92. The molecule has 1 saturated heterocycles. The van der Waals surface area contributed by atoms with Crippen LogP contribution in [0.25, 0.3) is 0 Å². The number of rotatable bonds is 5. The van der Waals surface area contributed by atoms with Crippen LogP contribution in [0.5, 0.6) is 0 Å². The smallest absolute Gasteiger partial charge is 0.270 e. The Hall–Kier alpha value is -2.48. The average molecular weight is 370 g/mol. The summed E-state index contributed by atoms with van der Waals surface area (Å²) in [5.74, 6) is -0.132. The summed E-state index contributed by atoms with van der Waals surface area (Å²) in [6, 6.07) is 3.83. The molecule has 1 N–H and O–H groups in total. The summed E-state index contributed by atoms with van der Waals surface area (Å²) < 4.78 is 5.80. The van der Waals surface area contributed by atoms with Crippen molar-refractivity contribution in [1.82, 2.24) is 25.3 Å². The van der Waals surface area contributed by atoms with Gasteiger partial charge in [0.1, 0.15) is 5.69 Å². The Balaban J connectivity index is 1.45. The summed E-state index contributed by atoms with van der Waals surface area (Å²) in [5, 5.41) is 11.6. The number of carbonyl (C=O) groups excluding carboxylic acids is 1. The zero-order chi connectivity index (χ0) is 19.0. The molecular formula is C19H26N6O2. The minimum Gasteiger partial charge on any atom is -0.372 e. The third-order valence-electron chi connectivity index (χ3n) is 5.16. The van der Waals surface area contributed by atoms with Gasteiger partial charge in [-0.15, -0.1) is 0 Å². The van der Waals surface area contributed by atoms with Gasteiger partial charge in [0.05, 0.1) is 24.1 Å². The molecule has 0 spiro atoms. The fourth-order valence-electron chi connectivity index (χ4n) is 3.75. The number of pyridine rings is 1. The van der Waals surface area contributed by atoms with E-state index in [9.17, 15) is 4.79 Å². The monoisotopic (exact) mass is 370 g/mol. The first-order valence-corrected chi connectivity index (χ1v) is 9.47. The number of anilines is 1. The highest BCUT2D eigenvalue weighted by molar-refractivity contribution is 5.94. The van der Waals surface area contributed by atoms with E-state index in [2.05, 4.69) is 39.2 Å². The Morgan fingerprint density at radius 1 is 1.33 bits per heavy atom. The largest absolute Gasteiger partial charge is 0.372 e. The summed E-state index contributed by atoms with van der Waals surface area (Å²) in [4.78, 5) is 20.9. The van der Waals surface area contributed by atoms with Crippen molar-refractivity contribution in [3.8, 4) is 0 Å². The molecule has 4 rings (SSSR count). The minimum atomic E-state index is -0.215. The molecule has 1 aliphatic carbocycles. The molecule has 2 aromatic rings. The SMILES string of the molecule is C[C@@H]1CN(c2ccnc(C(=O)NC3(Cc4cnn(C)n4)CC3)c2)C[C@H](C)O1. The number of amides is 1. The van der Waals surface area contributed by atoms with Crippen molar-refractivity contribution in [2.45, 2.75) is 50.9 Å².